The number of fused-ring (bicyclic) bond motifs is 5. The summed E-state index contributed by atoms with van der Waals surface area (Å²) in [6.07, 6.45) is 2.21. The molecule has 1 aliphatic carbocycles. The maximum atomic E-state index is 13.0. The number of piperidine rings is 1. The van der Waals surface area contributed by atoms with Crippen LogP contribution in [0.25, 0.3) is 0 Å². The maximum absolute atomic E-state index is 13.0. The fourth-order valence-corrected chi connectivity index (χ4v) is 5.69. The van der Waals surface area contributed by atoms with Gasteiger partial charge in [-0.2, -0.15) is 0 Å². The molecule has 2 atom stereocenters. The number of carbonyl (C=O) groups is 2. The van der Waals surface area contributed by atoms with Crippen molar-refractivity contribution in [3.63, 3.8) is 0 Å². The van der Waals surface area contributed by atoms with Crippen LogP contribution in [0.15, 0.2) is 48.5 Å². The van der Waals surface area contributed by atoms with Crippen LogP contribution in [-0.2, 0) is 20.9 Å². The molecule has 3 aliphatic rings. The van der Waals surface area contributed by atoms with E-state index in [4.69, 9.17) is 9.47 Å². The summed E-state index contributed by atoms with van der Waals surface area (Å²) in [5.74, 6) is 0.411. The number of nitrogens with zero attached hydrogens (tertiary/aromatic N) is 3. The molecule has 2 aliphatic heterocycles. The summed E-state index contributed by atoms with van der Waals surface area (Å²) in [6.45, 7) is 7.80. The van der Waals surface area contributed by atoms with Gasteiger partial charge in [-0.1, -0.05) is 36.4 Å². The summed E-state index contributed by atoms with van der Waals surface area (Å²) in [5.41, 5.74) is 4.90. The molecule has 5 rings (SSSR count). The van der Waals surface area contributed by atoms with Gasteiger partial charge < -0.3 is 19.3 Å². The number of ether oxygens (including phenoxy) is 2. The summed E-state index contributed by atoms with van der Waals surface area (Å²) in [5, 5.41) is 0. The Bertz CT molecular complexity index is 1040. The quantitative estimate of drug-likeness (QED) is 0.553. The Kier molecular flexibility index (Phi) is 7.23. The molecule has 0 aromatic heterocycles. The number of hydrogen-bond donors (Lipinski definition) is 0. The van der Waals surface area contributed by atoms with Gasteiger partial charge in [0.05, 0.1) is 19.1 Å². The number of esters is 1. The van der Waals surface area contributed by atoms with E-state index in [0.29, 0.717) is 25.6 Å². The largest absolute Gasteiger partial charge is 0.466 e. The standard InChI is InChI=1S/C28H35N3O4/c1-2-34-27(32)11-12-29-14-16-30(17-15-29)23-8-9-24-22-10-13-31(26(18-22)25(24)19-23)28(33)35-20-21-6-4-3-5-7-21/h3-9,19,22,26H,2,10-18,20H2,1H3/t22?,26-/m1/s1. The van der Waals surface area contributed by atoms with Crippen LogP contribution < -0.4 is 4.90 Å². The molecule has 7 heteroatoms. The molecular formula is C28H35N3O4. The van der Waals surface area contributed by atoms with E-state index in [-0.39, 0.29) is 18.1 Å². The van der Waals surface area contributed by atoms with Gasteiger partial charge in [0, 0.05) is 45.0 Å². The third-order valence-electron chi connectivity index (χ3n) is 7.59. The van der Waals surface area contributed by atoms with E-state index in [1.165, 1.54) is 16.8 Å². The van der Waals surface area contributed by atoms with Crippen LogP contribution >= 0.6 is 0 Å². The smallest absolute Gasteiger partial charge is 0.410 e. The molecular weight excluding hydrogens is 442 g/mol. The lowest BCUT2D eigenvalue weighted by Crippen LogP contribution is -2.47. The highest BCUT2D eigenvalue weighted by Gasteiger charge is 2.41. The Balaban J connectivity index is 1.20. The first-order valence-corrected chi connectivity index (χ1v) is 12.9. The third-order valence-corrected chi connectivity index (χ3v) is 7.59. The van der Waals surface area contributed by atoms with Crippen LogP contribution in [0.3, 0.4) is 0 Å². The van der Waals surface area contributed by atoms with E-state index in [0.717, 1.165) is 57.7 Å². The Morgan fingerprint density at radius 2 is 1.74 bits per heavy atom. The van der Waals surface area contributed by atoms with Crippen molar-refractivity contribution in [2.75, 3.05) is 50.8 Å². The second-order valence-corrected chi connectivity index (χ2v) is 9.67. The van der Waals surface area contributed by atoms with Crippen molar-refractivity contribution in [2.45, 2.75) is 44.8 Å². The van der Waals surface area contributed by atoms with Crippen LogP contribution in [0.4, 0.5) is 10.5 Å². The molecule has 2 fully saturated rings. The van der Waals surface area contributed by atoms with Gasteiger partial charge in [0.2, 0.25) is 0 Å². The Morgan fingerprint density at radius 1 is 0.943 bits per heavy atom. The van der Waals surface area contributed by atoms with Crippen molar-refractivity contribution in [3.05, 3.63) is 65.2 Å². The average molecular weight is 478 g/mol. The van der Waals surface area contributed by atoms with E-state index in [2.05, 4.69) is 28.0 Å². The van der Waals surface area contributed by atoms with Crippen molar-refractivity contribution in [3.8, 4) is 0 Å². The predicted octanol–water partition coefficient (Wildman–Crippen LogP) is 4.33. The topological polar surface area (TPSA) is 62.3 Å². The molecule has 1 unspecified atom stereocenters. The van der Waals surface area contributed by atoms with Gasteiger partial charge in [0.15, 0.2) is 0 Å². The molecule has 2 aromatic rings. The minimum Gasteiger partial charge on any atom is -0.466 e. The van der Waals surface area contributed by atoms with Crippen molar-refractivity contribution in [2.24, 2.45) is 0 Å². The molecule has 2 bridgehead atoms. The SMILES string of the molecule is CCOC(=O)CCN1CCN(c2ccc3c(c2)[C@H]2CC3CCN2C(=O)OCc2ccccc2)CC1. The van der Waals surface area contributed by atoms with Crippen molar-refractivity contribution in [1.82, 2.24) is 9.80 Å². The summed E-state index contributed by atoms with van der Waals surface area (Å²) < 4.78 is 10.7. The first-order valence-electron chi connectivity index (χ1n) is 12.9. The molecule has 186 valence electrons. The highest BCUT2D eigenvalue weighted by Crippen LogP contribution is 2.50. The predicted molar refractivity (Wildman–Crippen MR) is 134 cm³/mol. The number of hydrogen-bond acceptors (Lipinski definition) is 6. The lowest BCUT2D eigenvalue weighted by Gasteiger charge is -2.36. The molecule has 0 N–H and O–H groups in total. The molecule has 0 radical (unpaired) electrons. The van der Waals surface area contributed by atoms with Crippen LogP contribution in [0.1, 0.15) is 54.8 Å². The molecule has 7 nitrogen and oxygen atoms in total. The van der Waals surface area contributed by atoms with Crippen LogP contribution in [-0.4, -0.2) is 67.7 Å². The minimum atomic E-state index is -0.217. The lowest BCUT2D eigenvalue weighted by molar-refractivity contribution is -0.143. The zero-order valence-electron chi connectivity index (χ0n) is 20.5. The fourth-order valence-electron chi connectivity index (χ4n) is 5.69. The highest BCUT2D eigenvalue weighted by atomic mass is 16.6. The Hall–Kier alpha value is -3.06. The maximum Gasteiger partial charge on any atom is 0.410 e. The van der Waals surface area contributed by atoms with Gasteiger partial charge in [-0.15, -0.1) is 0 Å². The first kappa shape index (κ1) is 23.7. The second kappa shape index (κ2) is 10.7. The number of benzene rings is 2. The highest BCUT2D eigenvalue weighted by molar-refractivity contribution is 5.70. The molecule has 2 saturated heterocycles. The van der Waals surface area contributed by atoms with Gasteiger partial charge in [-0.3, -0.25) is 9.69 Å². The number of carbonyl (C=O) groups excluding carboxylic acids is 2. The average Bonchev–Trinajstić information content (AvgIpc) is 3.18. The van der Waals surface area contributed by atoms with Crippen molar-refractivity contribution >= 4 is 17.7 Å². The van der Waals surface area contributed by atoms with Gasteiger partial charge in [0.1, 0.15) is 6.61 Å². The van der Waals surface area contributed by atoms with Crippen LogP contribution in [0.2, 0.25) is 0 Å². The molecule has 2 aromatic carbocycles. The van der Waals surface area contributed by atoms with Gasteiger partial charge >= 0.3 is 12.1 Å². The summed E-state index contributed by atoms with van der Waals surface area (Å²) in [6, 6.07) is 16.8. The van der Waals surface area contributed by atoms with Gasteiger partial charge in [-0.25, -0.2) is 4.79 Å². The third kappa shape index (κ3) is 5.30. The summed E-state index contributed by atoms with van der Waals surface area (Å²) >= 11 is 0. The number of rotatable bonds is 7. The summed E-state index contributed by atoms with van der Waals surface area (Å²) in [4.78, 5) is 31.3. The van der Waals surface area contributed by atoms with E-state index in [9.17, 15) is 9.59 Å². The first-order chi connectivity index (χ1) is 17.1. The summed E-state index contributed by atoms with van der Waals surface area (Å²) in [7, 11) is 0. The number of piperazine rings is 1. The zero-order valence-corrected chi connectivity index (χ0v) is 20.5. The fraction of sp³-hybridized carbons (Fsp3) is 0.500. The normalized spacial score (nSPS) is 21.5. The van der Waals surface area contributed by atoms with E-state index in [1.54, 1.807) is 0 Å². The van der Waals surface area contributed by atoms with Crippen LogP contribution in [0.5, 0.6) is 0 Å². The number of amides is 1. The second-order valence-electron chi connectivity index (χ2n) is 9.67. The van der Waals surface area contributed by atoms with Crippen molar-refractivity contribution in [1.29, 1.82) is 0 Å². The monoisotopic (exact) mass is 477 g/mol. The molecule has 2 heterocycles. The number of anilines is 1. The molecule has 1 amide bonds. The number of likely N-dealkylation sites (tertiary alicyclic amines) is 1. The zero-order chi connectivity index (χ0) is 24.2. The Labute approximate surface area is 207 Å². The van der Waals surface area contributed by atoms with E-state index in [1.807, 2.05) is 42.2 Å². The minimum absolute atomic E-state index is 0.0952. The van der Waals surface area contributed by atoms with Crippen LogP contribution in [0, 0.1) is 0 Å². The lowest BCUT2D eigenvalue weighted by atomic mass is 9.96. The van der Waals surface area contributed by atoms with E-state index >= 15 is 0 Å². The van der Waals surface area contributed by atoms with Gasteiger partial charge in [0.25, 0.3) is 0 Å². The van der Waals surface area contributed by atoms with Crippen molar-refractivity contribution < 1.29 is 19.1 Å². The van der Waals surface area contributed by atoms with E-state index < -0.39 is 0 Å². The molecule has 35 heavy (non-hydrogen) atoms. The molecule has 0 spiro atoms. The molecule has 0 saturated carbocycles. The Morgan fingerprint density at radius 3 is 2.51 bits per heavy atom. The van der Waals surface area contributed by atoms with Gasteiger partial charge in [-0.05, 0) is 54.5 Å².